The van der Waals surface area contributed by atoms with Crippen LogP contribution in [-0.2, 0) is 10.2 Å². The Morgan fingerprint density at radius 1 is 0.897 bits per heavy atom. The van der Waals surface area contributed by atoms with E-state index >= 15 is 0 Å². The van der Waals surface area contributed by atoms with Crippen LogP contribution in [0.4, 0.5) is 5.95 Å². The topological polar surface area (TPSA) is 76.5 Å². The van der Waals surface area contributed by atoms with Crippen molar-refractivity contribution in [2.75, 3.05) is 11.9 Å². The molecule has 0 saturated carbocycles. The average molecular weight is 446 g/mol. The van der Waals surface area contributed by atoms with Gasteiger partial charge in [-0.1, -0.05) is 71.2 Å². The first kappa shape index (κ1) is 19.8. The van der Waals surface area contributed by atoms with Gasteiger partial charge in [0, 0.05) is 37.1 Å². The molecule has 0 saturated heterocycles. The molecule has 4 rings (SSSR count). The van der Waals surface area contributed by atoms with E-state index < -0.39 is 3.79 Å². The van der Waals surface area contributed by atoms with E-state index in [4.69, 9.17) is 34.8 Å². The zero-order chi connectivity index (χ0) is 20.3. The number of fused-ring (bicyclic) bond motifs is 1. The maximum absolute atomic E-state index is 6.05. The molecule has 0 aliphatic carbocycles. The summed E-state index contributed by atoms with van der Waals surface area (Å²) in [5, 5.41) is 5.33. The minimum absolute atomic E-state index is 0.0580. The SMILES string of the molecule is ClC(Cl)(Cl)c1nc(NCCc2cnccn2)nc(-c2ccc3ccccc3c2)n1. The fourth-order valence-electron chi connectivity index (χ4n) is 2.80. The standard InChI is InChI=1S/C20H15Cl3N6/c21-20(22,23)18-27-17(15-6-5-13-3-1-2-4-14(13)11-15)28-19(29-18)26-8-7-16-12-24-9-10-25-16/h1-6,9-12H,7-8H2,(H,26,27,28,29). The van der Waals surface area contributed by atoms with E-state index in [2.05, 4.69) is 30.2 Å². The molecule has 0 bridgehead atoms. The Labute approximate surface area is 182 Å². The van der Waals surface area contributed by atoms with Crippen molar-refractivity contribution in [1.29, 1.82) is 0 Å². The van der Waals surface area contributed by atoms with Crippen molar-refractivity contribution in [1.82, 2.24) is 24.9 Å². The molecule has 0 radical (unpaired) electrons. The third-order valence-corrected chi connectivity index (χ3v) is 4.68. The number of hydrogen-bond acceptors (Lipinski definition) is 6. The molecule has 0 amide bonds. The molecule has 0 spiro atoms. The zero-order valence-corrected chi connectivity index (χ0v) is 17.3. The van der Waals surface area contributed by atoms with Crippen LogP contribution in [0.3, 0.4) is 0 Å². The lowest BCUT2D eigenvalue weighted by atomic mass is 10.1. The van der Waals surface area contributed by atoms with Gasteiger partial charge in [0.1, 0.15) is 0 Å². The van der Waals surface area contributed by atoms with Crippen LogP contribution in [0.25, 0.3) is 22.2 Å². The Kier molecular flexibility index (Phi) is 5.76. The van der Waals surface area contributed by atoms with Gasteiger partial charge in [0.15, 0.2) is 11.6 Å². The summed E-state index contributed by atoms with van der Waals surface area (Å²) in [6, 6.07) is 14.0. The Balaban J connectivity index is 1.64. The number of nitrogens with one attached hydrogen (secondary N) is 1. The number of benzene rings is 2. The number of halogens is 3. The number of rotatable bonds is 5. The van der Waals surface area contributed by atoms with Crippen LogP contribution in [0, 0.1) is 0 Å². The highest BCUT2D eigenvalue weighted by Gasteiger charge is 2.28. The molecule has 1 N–H and O–H groups in total. The molecule has 2 heterocycles. The lowest BCUT2D eigenvalue weighted by Crippen LogP contribution is -2.15. The summed E-state index contributed by atoms with van der Waals surface area (Å²) < 4.78 is -1.77. The molecule has 0 atom stereocenters. The first-order chi connectivity index (χ1) is 14.0. The number of hydrogen-bond donors (Lipinski definition) is 1. The molecule has 0 fully saturated rings. The van der Waals surface area contributed by atoms with Gasteiger partial charge in [-0.3, -0.25) is 9.97 Å². The van der Waals surface area contributed by atoms with Crippen LogP contribution in [0.1, 0.15) is 11.5 Å². The van der Waals surface area contributed by atoms with E-state index in [1.165, 1.54) is 0 Å². The summed E-state index contributed by atoms with van der Waals surface area (Å²) in [6.07, 6.45) is 5.64. The molecule has 6 nitrogen and oxygen atoms in total. The Morgan fingerprint density at radius 2 is 1.72 bits per heavy atom. The molecular formula is C20H15Cl3N6. The highest BCUT2D eigenvalue weighted by Crippen LogP contribution is 2.37. The minimum atomic E-state index is -1.77. The number of anilines is 1. The van der Waals surface area contributed by atoms with E-state index in [-0.39, 0.29) is 5.82 Å². The van der Waals surface area contributed by atoms with Gasteiger partial charge in [0.25, 0.3) is 0 Å². The van der Waals surface area contributed by atoms with Crippen LogP contribution >= 0.6 is 34.8 Å². The van der Waals surface area contributed by atoms with Gasteiger partial charge in [0.05, 0.1) is 5.69 Å². The van der Waals surface area contributed by atoms with Crippen LogP contribution in [0.2, 0.25) is 0 Å². The third kappa shape index (κ3) is 4.90. The summed E-state index contributed by atoms with van der Waals surface area (Å²) in [5.41, 5.74) is 1.66. The smallest absolute Gasteiger partial charge is 0.250 e. The average Bonchev–Trinajstić information content (AvgIpc) is 2.73. The van der Waals surface area contributed by atoms with Crippen LogP contribution in [-0.4, -0.2) is 31.5 Å². The van der Waals surface area contributed by atoms with E-state index in [1.54, 1.807) is 18.6 Å². The van der Waals surface area contributed by atoms with Gasteiger partial charge in [-0.2, -0.15) is 9.97 Å². The fourth-order valence-corrected chi connectivity index (χ4v) is 3.05. The van der Waals surface area contributed by atoms with Gasteiger partial charge in [0.2, 0.25) is 9.74 Å². The molecular weight excluding hydrogens is 431 g/mol. The summed E-state index contributed by atoms with van der Waals surface area (Å²) in [5.74, 6) is 0.810. The first-order valence-electron chi connectivity index (χ1n) is 8.80. The molecule has 9 heteroatoms. The van der Waals surface area contributed by atoms with E-state index in [1.807, 2.05) is 42.5 Å². The second-order valence-electron chi connectivity index (χ2n) is 6.24. The lowest BCUT2D eigenvalue weighted by molar-refractivity contribution is 0.889. The maximum Gasteiger partial charge on any atom is 0.250 e. The van der Waals surface area contributed by atoms with Crippen LogP contribution < -0.4 is 5.32 Å². The van der Waals surface area contributed by atoms with Gasteiger partial charge in [-0.15, -0.1) is 0 Å². The van der Waals surface area contributed by atoms with Crippen molar-refractivity contribution < 1.29 is 0 Å². The molecule has 4 aromatic rings. The van der Waals surface area contributed by atoms with Crippen molar-refractivity contribution in [3.05, 3.63) is 72.6 Å². The normalized spacial score (nSPS) is 11.6. The van der Waals surface area contributed by atoms with Crippen molar-refractivity contribution >= 4 is 51.5 Å². The van der Waals surface area contributed by atoms with Gasteiger partial charge in [-0.25, -0.2) is 4.98 Å². The largest absolute Gasteiger partial charge is 0.354 e. The lowest BCUT2D eigenvalue weighted by Gasteiger charge is -2.13. The Bertz CT molecular complexity index is 1130. The van der Waals surface area contributed by atoms with Crippen LogP contribution in [0.15, 0.2) is 61.1 Å². The predicted molar refractivity (Wildman–Crippen MR) is 116 cm³/mol. The molecule has 146 valence electrons. The van der Waals surface area contributed by atoms with E-state index in [0.717, 1.165) is 22.0 Å². The molecule has 29 heavy (non-hydrogen) atoms. The summed E-state index contributed by atoms with van der Waals surface area (Å²) >= 11 is 18.1. The van der Waals surface area contributed by atoms with Crippen molar-refractivity contribution in [2.24, 2.45) is 0 Å². The summed E-state index contributed by atoms with van der Waals surface area (Å²) in [7, 11) is 0. The monoisotopic (exact) mass is 444 g/mol. The predicted octanol–water partition coefficient (Wildman–Crippen LogP) is 4.96. The number of aromatic nitrogens is 5. The van der Waals surface area contributed by atoms with Crippen molar-refractivity contribution in [3.8, 4) is 11.4 Å². The minimum Gasteiger partial charge on any atom is -0.354 e. The number of nitrogens with zero attached hydrogens (tertiary/aromatic N) is 5. The molecule has 0 unspecified atom stereocenters. The van der Waals surface area contributed by atoms with Gasteiger partial charge < -0.3 is 5.32 Å². The fraction of sp³-hybridized carbons (Fsp3) is 0.150. The summed E-state index contributed by atoms with van der Waals surface area (Å²) in [6.45, 7) is 0.541. The van der Waals surface area contributed by atoms with Gasteiger partial charge >= 0.3 is 0 Å². The quantitative estimate of drug-likeness (QED) is 0.437. The van der Waals surface area contributed by atoms with Gasteiger partial charge in [-0.05, 0) is 16.8 Å². The Hall–Kier alpha value is -2.54. The maximum atomic E-state index is 6.05. The molecule has 0 aliphatic rings. The second-order valence-corrected chi connectivity index (χ2v) is 8.52. The molecule has 2 aromatic heterocycles. The van der Waals surface area contributed by atoms with E-state index in [9.17, 15) is 0 Å². The zero-order valence-electron chi connectivity index (χ0n) is 15.1. The number of alkyl halides is 3. The molecule has 2 aromatic carbocycles. The van der Waals surface area contributed by atoms with E-state index in [0.29, 0.717) is 24.7 Å². The third-order valence-electron chi connectivity index (χ3n) is 4.18. The highest BCUT2D eigenvalue weighted by atomic mass is 35.6. The van der Waals surface area contributed by atoms with Crippen molar-refractivity contribution in [3.63, 3.8) is 0 Å². The first-order valence-corrected chi connectivity index (χ1v) is 9.94. The second kappa shape index (κ2) is 8.45. The highest BCUT2D eigenvalue weighted by molar-refractivity contribution is 6.66. The van der Waals surface area contributed by atoms with Crippen LogP contribution in [0.5, 0.6) is 0 Å². The summed E-state index contributed by atoms with van der Waals surface area (Å²) in [4.78, 5) is 21.4. The Morgan fingerprint density at radius 3 is 2.48 bits per heavy atom. The van der Waals surface area contributed by atoms with Crippen molar-refractivity contribution in [2.45, 2.75) is 10.2 Å². The molecule has 0 aliphatic heterocycles.